The second-order valence-electron chi connectivity index (χ2n) is 5.43. The van der Waals surface area contributed by atoms with Gasteiger partial charge in [-0.25, -0.2) is 0 Å². The fraction of sp³-hybridized carbons (Fsp3) is 0.769. The molecule has 4 nitrogen and oxygen atoms in total. The van der Waals surface area contributed by atoms with Crippen LogP contribution in [0.4, 0.5) is 5.82 Å². The van der Waals surface area contributed by atoms with E-state index in [9.17, 15) is 0 Å². The summed E-state index contributed by atoms with van der Waals surface area (Å²) in [6.07, 6.45) is 10.2. The van der Waals surface area contributed by atoms with E-state index < -0.39 is 0 Å². The Hall–Kier alpha value is -1.03. The van der Waals surface area contributed by atoms with Crippen molar-refractivity contribution >= 4 is 5.82 Å². The zero-order valence-electron chi connectivity index (χ0n) is 10.4. The summed E-state index contributed by atoms with van der Waals surface area (Å²) >= 11 is 0. The van der Waals surface area contributed by atoms with Crippen molar-refractivity contribution in [2.24, 2.45) is 0 Å². The maximum absolute atomic E-state index is 5.67. The summed E-state index contributed by atoms with van der Waals surface area (Å²) in [5.74, 6) is 0.642. The second-order valence-corrected chi connectivity index (χ2v) is 5.43. The molecule has 1 aromatic rings. The maximum atomic E-state index is 5.67. The predicted octanol–water partition coefficient (Wildman–Crippen LogP) is 2.04. The lowest BCUT2D eigenvalue weighted by molar-refractivity contribution is 0.132. The van der Waals surface area contributed by atoms with E-state index in [0.717, 1.165) is 6.04 Å². The van der Waals surface area contributed by atoms with Gasteiger partial charge in [-0.2, -0.15) is 5.10 Å². The van der Waals surface area contributed by atoms with Crippen molar-refractivity contribution in [3.05, 3.63) is 12.3 Å². The summed E-state index contributed by atoms with van der Waals surface area (Å²) in [5, 5.41) is 4.33. The average Bonchev–Trinajstić information content (AvgIpc) is 3.00. The van der Waals surface area contributed by atoms with E-state index >= 15 is 0 Å². The van der Waals surface area contributed by atoms with Crippen molar-refractivity contribution in [2.75, 3.05) is 18.8 Å². The number of hydrogen-bond donors (Lipinski definition) is 1. The number of nitrogens with two attached hydrogens (primary N) is 1. The van der Waals surface area contributed by atoms with Crippen LogP contribution in [0.5, 0.6) is 0 Å². The molecule has 0 unspecified atom stereocenters. The van der Waals surface area contributed by atoms with Crippen LogP contribution in [0.3, 0.4) is 0 Å². The molecule has 3 rings (SSSR count). The largest absolute Gasteiger partial charge is 0.382 e. The number of rotatable bonds is 2. The van der Waals surface area contributed by atoms with Gasteiger partial charge in [0.05, 0.1) is 6.04 Å². The summed E-state index contributed by atoms with van der Waals surface area (Å²) in [7, 11) is 0. The molecule has 1 saturated heterocycles. The van der Waals surface area contributed by atoms with Crippen LogP contribution < -0.4 is 5.73 Å². The minimum Gasteiger partial charge on any atom is -0.382 e. The van der Waals surface area contributed by atoms with Gasteiger partial charge in [0, 0.05) is 25.3 Å². The first kappa shape index (κ1) is 11.1. The zero-order valence-corrected chi connectivity index (χ0v) is 10.4. The first-order valence-corrected chi connectivity index (χ1v) is 6.87. The minimum absolute atomic E-state index is 0.560. The Balaban J connectivity index is 1.56. The van der Waals surface area contributed by atoms with Crippen LogP contribution in [0.25, 0.3) is 0 Å². The maximum Gasteiger partial charge on any atom is 0.145 e. The van der Waals surface area contributed by atoms with Crippen molar-refractivity contribution < 1.29 is 0 Å². The van der Waals surface area contributed by atoms with Gasteiger partial charge in [-0.1, -0.05) is 12.8 Å². The van der Waals surface area contributed by atoms with Crippen molar-refractivity contribution in [1.29, 1.82) is 0 Å². The Bertz CT molecular complexity index is 359. The number of likely N-dealkylation sites (tertiary alicyclic amines) is 1. The smallest absolute Gasteiger partial charge is 0.145 e. The van der Waals surface area contributed by atoms with Crippen LogP contribution in [0.15, 0.2) is 12.3 Å². The average molecular weight is 234 g/mol. The summed E-state index contributed by atoms with van der Waals surface area (Å²) in [5.41, 5.74) is 5.67. The first-order valence-electron chi connectivity index (χ1n) is 6.87. The molecule has 4 heteroatoms. The molecule has 0 bridgehead atoms. The van der Waals surface area contributed by atoms with Gasteiger partial charge < -0.3 is 10.6 Å². The number of hydrogen-bond acceptors (Lipinski definition) is 3. The molecule has 94 valence electrons. The highest BCUT2D eigenvalue weighted by Gasteiger charge is 2.27. The van der Waals surface area contributed by atoms with E-state index in [1.165, 1.54) is 51.6 Å². The van der Waals surface area contributed by atoms with Crippen LogP contribution in [0.2, 0.25) is 0 Å². The number of piperidine rings is 1. The summed E-state index contributed by atoms with van der Waals surface area (Å²) in [4.78, 5) is 2.69. The van der Waals surface area contributed by atoms with Gasteiger partial charge in [-0.3, -0.25) is 4.68 Å². The van der Waals surface area contributed by atoms with Crippen LogP contribution in [0, 0.1) is 0 Å². The Morgan fingerprint density at radius 1 is 1.06 bits per heavy atom. The molecular formula is C13H22N4. The molecule has 1 aliphatic heterocycles. The van der Waals surface area contributed by atoms with Gasteiger partial charge >= 0.3 is 0 Å². The van der Waals surface area contributed by atoms with Gasteiger partial charge in [0.25, 0.3) is 0 Å². The summed E-state index contributed by atoms with van der Waals surface area (Å²) in [6, 6.07) is 3.33. The lowest BCUT2D eigenvalue weighted by Crippen LogP contribution is -2.40. The van der Waals surface area contributed by atoms with E-state index in [0.29, 0.717) is 11.9 Å². The monoisotopic (exact) mass is 234 g/mol. The molecule has 0 spiro atoms. The molecule has 2 fully saturated rings. The van der Waals surface area contributed by atoms with E-state index in [1.807, 2.05) is 12.3 Å². The Labute approximate surface area is 103 Å². The van der Waals surface area contributed by atoms with Crippen LogP contribution in [0.1, 0.15) is 44.6 Å². The second kappa shape index (κ2) is 4.69. The normalized spacial score (nSPS) is 24.5. The highest BCUT2D eigenvalue weighted by Crippen LogP contribution is 2.29. The molecule has 1 saturated carbocycles. The Morgan fingerprint density at radius 3 is 2.35 bits per heavy atom. The zero-order chi connectivity index (χ0) is 11.7. The van der Waals surface area contributed by atoms with E-state index in [1.54, 1.807) is 0 Å². The van der Waals surface area contributed by atoms with Crippen molar-refractivity contribution in [1.82, 2.24) is 14.7 Å². The molecule has 0 radical (unpaired) electrons. The molecule has 0 amide bonds. The van der Waals surface area contributed by atoms with Gasteiger partial charge in [-0.05, 0) is 31.7 Å². The van der Waals surface area contributed by atoms with Gasteiger partial charge in [0.15, 0.2) is 0 Å². The lowest BCUT2D eigenvalue weighted by Gasteiger charge is -2.36. The third-order valence-corrected chi connectivity index (χ3v) is 4.34. The van der Waals surface area contributed by atoms with Crippen LogP contribution in [-0.4, -0.2) is 33.8 Å². The fourth-order valence-corrected chi connectivity index (χ4v) is 3.34. The topological polar surface area (TPSA) is 47.1 Å². The van der Waals surface area contributed by atoms with Crippen molar-refractivity contribution in [2.45, 2.75) is 50.6 Å². The van der Waals surface area contributed by atoms with Crippen LogP contribution >= 0.6 is 0 Å². The molecule has 1 aromatic heterocycles. The standard InChI is InChI=1S/C13H22N4/c14-13-7-10-17(15-13)12-5-8-16(9-6-12)11-3-1-2-4-11/h7,10-12H,1-6,8-9H2,(H2,14,15). The third-order valence-electron chi connectivity index (χ3n) is 4.34. The number of nitrogens with zero attached hydrogens (tertiary/aromatic N) is 3. The number of aromatic nitrogens is 2. The number of nitrogen functional groups attached to an aromatic ring is 1. The minimum atomic E-state index is 0.560. The summed E-state index contributed by atoms with van der Waals surface area (Å²) in [6.45, 7) is 2.46. The van der Waals surface area contributed by atoms with E-state index in [4.69, 9.17) is 5.73 Å². The SMILES string of the molecule is Nc1ccn(C2CCN(C3CCCC3)CC2)n1. The quantitative estimate of drug-likeness (QED) is 0.852. The third kappa shape index (κ3) is 2.32. The molecule has 2 aliphatic rings. The molecule has 17 heavy (non-hydrogen) atoms. The molecule has 0 aromatic carbocycles. The Kier molecular flexibility index (Phi) is 3.05. The predicted molar refractivity (Wildman–Crippen MR) is 68.7 cm³/mol. The molecule has 0 atom stereocenters. The van der Waals surface area contributed by atoms with Gasteiger partial charge in [-0.15, -0.1) is 0 Å². The van der Waals surface area contributed by atoms with Crippen molar-refractivity contribution in [3.63, 3.8) is 0 Å². The van der Waals surface area contributed by atoms with Crippen molar-refractivity contribution in [3.8, 4) is 0 Å². The van der Waals surface area contributed by atoms with Crippen LogP contribution in [-0.2, 0) is 0 Å². The fourth-order valence-electron chi connectivity index (χ4n) is 3.34. The molecule has 2 heterocycles. The highest BCUT2D eigenvalue weighted by atomic mass is 15.3. The highest BCUT2D eigenvalue weighted by molar-refractivity contribution is 5.24. The molecular weight excluding hydrogens is 212 g/mol. The van der Waals surface area contributed by atoms with E-state index in [-0.39, 0.29) is 0 Å². The van der Waals surface area contributed by atoms with Gasteiger partial charge in [0.1, 0.15) is 5.82 Å². The van der Waals surface area contributed by atoms with Gasteiger partial charge in [0.2, 0.25) is 0 Å². The number of anilines is 1. The Morgan fingerprint density at radius 2 is 1.76 bits per heavy atom. The van der Waals surface area contributed by atoms with E-state index in [2.05, 4.69) is 14.7 Å². The molecule has 1 aliphatic carbocycles. The first-order chi connectivity index (χ1) is 8.33. The lowest BCUT2D eigenvalue weighted by atomic mass is 10.0. The molecule has 2 N–H and O–H groups in total. The summed E-state index contributed by atoms with van der Waals surface area (Å²) < 4.78 is 2.06.